The van der Waals surface area contributed by atoms with E-state index >= 15 is 0 Å². The number of nitrogens with zero attached hydrogens (tertiary/aromatic N) is 3. The van der Waals surface area contributed by atoms with Gasteiger partial charge >= 0.3 is 0 Å². The Morgan fingerprint density at radius 3 is 2.89 bits per heavy atom. The highest BCUT2D eigenvalue weighted by atomic mass is 16.5. The Labute approximate surface area is 110 Å². The summed E-state index contributed by atoms with van der Waals surface area (Å²) in [4.78, 5) is 16.3. The molecule has 0 radical (unpaired) electrons. The second kappa shape index (κ2) is 4.31. The van der Waals surface area contributed by atoms with Gasteiger partial charge in [-0.25, -0.2) is 0 Å². The lowest BCUT2D eigenvalue weighted by Gasteiger charge is -2.17. The van der Waals surface area contributed by atoms with Gasteiger partial charge in [0.05, 0.1) is 5.54 Å². The molecular formula is C13H16N4O2. The summed E-state index contributed by atoms with van der Waals surface area (Å²) in [7, 11) is 1.69. The monoisotopic (exact) mass is 260 g/mol. The summed E-state index contributed by atoms with van der Waals surface area (Å²) in [5.74, 6) is 0.749. The molecule has 1 saturated carbocycles. The lowest BCUT2D eigenvalue weighted by atomic mass is 9.99. The number of pyridine rings is 1. The number of hydrogen-bond donors (Lipinski definition) is 1. The topological polar surface area (TPSA) is 86.9 Å². The number of hydrogen-bond acceptors (Lipinski definition) is 5. The lowest BCUT2D eigenvalue weighted by molar-refractivity contribution is 0.372. The predicted molar refractivity (Wildman–Crippen MR) is 69.3 cm³/mol. The molecule has 0 saturated heterocycles. The molecule has 6 heteroatoms. The highest BCUT2D eigenvalue weighted by Gasteiger charge is 2.36. The predicted octanol–water partition coefficient (Wildman–Crippen LogP) is 1.16. The third-order valence-corrected chi connectivity index (χ3v) is 3.72. The van der Waals surface area contributed by atoms with Crippen LogP contribution >= 0.6 is 0 Å². The van der Waals surface area contributed by atoms with E-state index in [1.807, 2.05) is 0 Å². The zero-order valence-electron chi connectivity index (χ0n) is 10.8. The molecule has 0 amide bonds. The van der Waals surface area contributed by atoms with Gasteiger partial charge in [0.15, 0.2) is 5.82 Å². The average molecular weight is 260 g/mol. The minimum Gasteiger partial charge on any atom is -0.334 e. The Hall–Kier alpha value is -1.95. The lowest BCUT2D eigenvalue weighted by Crippen LogP contribution is -2.34. The zero-order chi connectivity index (χ0) is 13.5. The van der Waals surface area contributed by atoms with Crippen molar-refractivity contribution in [2.45, 2.75) is 31.2 Å². The molecule has 1 fully saturated rings. The van der Waals surface area contributed by atoms with Gasteiger partial charge in [-0.1, -0.05) is 18.0 Å². The van der Waals surface area contributed by atoms with Crippen LogP contribution in [-0.4, -0.2) is 14.7 Å². The third kappa shape index (κ3) is 1.98. The summed E-state index contributed by atoms with van der Waals surface area (Å²) in [5, 5.41) is 3.96. The van der Waals surface area contributed by atoms with Crippen LogP contribution in [0.25, 0.3) is 11.5 Å². The molecular weight excluding hydrogens is 244 g/mol. The maximum atomic E-state index is 12.0. The second-order valence-electron chi connectivity index (χ2n) is 5.12. The Kier molecular flexibility index (Phi) is 2.74. The first-order chi connectivity index (χ1) is 9.10. The smallest absolute Gasteiger partial charge is 0.263 e. The molecule has 0 aliphatic heterocycles. The number of aromatic nitrogens is 3. The number of nitrogens with two attached hydrogens (primary N) is 1. The molecule has 1 aliphatic carbocycles. The van der Waals surface area contributed by atoms with Crippen molar-refractivity contribution in [2.75, 3.05) is 0 Å². The van der Waals surface area contributed by atoms with Crippen molar-refractivity contribution in [1.82, 2.24) is 14.7 Å². The van der Waals surface area contributed by atoms with Crippen LogP contribution in [0.4, 0.5) is 0 Å². The van der Waals surface area contributed by atoms with Gasteiger partial charge in [-0.05, 0) is 25.0 Å². The van der Waals surface area contributed by atoms with Crippen molar-refractivity contribution in [3.63, 3.8) is 0 Å². The third-order valence-electron chi connectivity index (χ3n) is 3.72. The Morgan fingerprint density at radius 2 is 2.16 bits per heavy atom. The molecule has 2 N–H and O–H groups in total. The molecule has 100 valence electrons. The summed E-state index contributed by atoms with van der Waals surface area (Å²) in [6.07, 6.45) is 5.56. The van der Waals surface area contributed by atoms with Crippen LogP contribution in [0.5, 0.6) is 0 Å². The normalized spacial score (nSPS) is 17.8. The van der Waals surface area contributed by atoms with Crippen LogP contribution in [0.2, 0.25) is 0 Å². The molecule has 1 aliphatic rings. The van der Waals surface area contributed by atoms with E-state index in [-0.39, 0.29) is 11.4 Å². The van der Waals surface area contributed by atoms with Gasteiger partial charge < -0.3 is 14.8 Å². The zero-order valence-corrected chi connectivity index (χ0v) is 10.8. The van der Waals surface area contributed by atoms with Gasteiger partial charge in [0.25, 0.3) is 11.4 Å². The molecule has 3 rings (SSSR count). The van der Waals surface area contributed by atoms with Gasteiger partial charge in [-0.2, -0.15) is 4.98 Å². The minimum atomic E-state index is -0.498. The van der Waals surface area contributed by atoms with Gasteiger partial charge in [0.2, 0.25) is 0 Å². The molecule has 2 aromatic heterocycles. The van der Waals surface area contributed by atoms with Crippen molar-refractivity contribution in [3.8, 4) is 11.5 Å². The van der Waals surface area contributed by atoms with E-state index in [2.05, 4.69) is 10.1 Å². The van der Waals surface area contributed by atoms with Crippen molar-refractivity contribution in [1.29, 1.82) is 0 Å². The minimum absolute atomic E-state index is 0.157. The van der Waals surface area contributed by atoms with Crippen molar-refractivity contribution in [3.05, 3.63) is 34.5 Å². The largest absolute Gasteiger partial charge is 0.334 e. The van der Waals surface area contributed by atoms with Gasteiger partial charge in [0, 0.05) is 13.2 Å². The highest BCUT2D eigenvalue weighted by Crippen LogP contribution is 2.35. The van der Waals surface area contributed by atoms with Crippen molar-refractivity contribution < 1.29 is 4.52 Å². The average Bonchev–Trinajstić information content (AvgIpc) is 3.02. The number of rotatable bonds is 2. The van der Waals surface area contributed by atoms with E-state index in [4.69, 9.17) is 10.3 Å². The molecule has 2 aromatic rings. The fourth-order valence-electron chi connectivity index (χ4n) is 2.52. The molecule has 0 aromatic carbocycles. The standard InChI is InChI=1S/C13H16N4O2/c1-17-8-4-5-9(11(17)18)10-15-12(16-19-10)13(14)6-2-3-7-13/h4-5,8H,2-3,6-7,14H2,1H3. The van der Waals surface area contributed by atoms with E-state index < -0.39 is 5.54 Å². The summed E-state index contributed by atoms with van der Waals surface area (Å²) in [5.41, 5.74) is 6.02. The fraction of sp³-hybridized carbons (Fsp3) is 0.462. The highest BCUT2D eigenvalue weighted by molar-refractivity contribution is 5.50. The Bertz CT molecular complexity index is 653. The second-order valence-corrected chi connectivity index (χ2v) is 5.12. The summed E-state index contributed by atoms with van der Waals surface area (Å²) in [6.45, 7) is 0. The van der Waals surface area contributed by atoms with Crippen LogP contribution < -0.4 is 11.3 Å². The summed E-state index contributed by atoms with van der Waals surface area (Å²) < 4.78 is 6.69. The van der Waals surface area contributed by atoms with Crippen molar-refractivity contribution in [2.24, 2.45) is 12.8 Å². The SMILES string of the molecule is Cn1cccc(-c2nc(C3(N)CCCC3)no2)c1=O. The van der Waals surface area contributed by atoms with Crippen LogP contribution in [0.15, 0.2) is 27.6 Å². The molecule has 2 heterocycles. The van der Waals surface area contributed by atoms with Crippen LogP contribution in [0.1, 0.15) is 31.5 Å². The summed E-state index contributed by atoms with van der Waals surface area (Å²) in [6, 6.07) is 3.45. The van der Waals surface area contributed by atoms with Gasteiger partial charge in [0.1, 0.15) is 5.56 Å². The number of aryl methyl sites for hydroxylation is 1. The van der Waals surface area contributed by atoms with Gasteiger partial charge in [-0.15, -0.1) is 0 Å². The molecule has 6 nitrogen and oxygen atoms in total. The van der Waals surface area contributed by atoms with Crippen LogP contribution in [0.3, 0.4) is 0 Å². The van der Waals surface area contributed by atoms with E-state index in [1.54, 1.807) is 25.4 Å². The van der Waals surface area contributed by atoms with E-state index in [9.17, 15) is 4.79 Å². The summed E-state index contributed by atoms with van der Waals surface area (Å²) >= 11 is 0. The molecule has 0 unspecified atom stereocenters. The molecule has 0 spiro atoms. The van der Waals surface area contributed by atoms with Crippen LogP contribution in [-0.2, 0) is 12.6 Å². The van der Waals surface area contributed by atoms with E-state index in [0.29, 0.717) is 11.4 Å². The molecule has 0 atom stereocenters. The first kappa shape index (κ1) is 12.1. The molecule has 19 heavy (non-hydrogen) atoms. The first-order valence-corrected chi connectivity index (χ1v) is 6.39. The van der Waals surface area contributed by atoms with Crippen molar-refractivity contribution >= 4 is 0 Å². The Morgan fingerprint density at radius 1 is 1.42 bits per heavy atom. The maximum Gasteiger partial charge on any atom is 0.263 e. The first-order valence-electron chi connectivity index (χ1n) is 6.39. The maximum absolute atomic E-state index is 12.0. The Balaban J connectivity index is 2.02. The van der Waals surface area contributed by atoms with E-state index in [0.717, 1.165) is 25.7 Å². The van der Waals surface area contributed by atoms with Gasteiger partial charge in [-0.3, -0.25) is 4.79 Å². The van der Waals surface area contributed by atoms with Crippen LogP contribution in [0, 0.1) is 0 Å². The molecule has 0 bridgehead atoms. The quantitative estimate of drug-likeness (QED) is 0.875. The van der Waals surface area contributed by atoms with E-state index in [1.165, 1.54) is 4.57 Å². The fourth-order valence-corrected chi connectivity index (χ4v) is 2.52.